The van der Waals surface area contributed by atoms with Crippen molar-refractivity contribution in [1.29, 1.82) is 0 Å². The topological polar surface area (TPSA) is 66.5 Å². The van der Waals surface area contributed by atoms with Crippen LogP contribution in [-0.4, -0.2) is 16.3 Å². The lowest BCUT2D eigenvalue weighted by Gasteiger charge is -2.20. The number of hydrogen-bond acceptors (Lipinski definition) is 3. The quantitative estimate of drug-likeness (QED) is 0.747. The molecular formula is C12H17Br2NO2. The molecule has 0 heterocycles. The number of halogens is 2. The summed E-state index contributed by atoms with van der Waals surface area (Å²) in [6, 6.07) is 2.90. The van der Waals surface area contributed by atoms with E-state index < -0.39 is 12.1 Å². The van der Waals surface area contributed by atoms with Gasteiger partial charge in [-0.1, -0.05) is 35.7 Å². The highest BCUT2D eigenvalue weighted by Gasteiger charge is 2.21. The zero-order valence-corrected chi connectivity index (χ0v) is 12.8. The van der Waals surface area contributed by atoms with Gasteiger partial charge in [-0.3, -0.25) is 0 Å². The minimum absolute atomic E-state index is 0.0937. The minimum atomic E-state index is -0.637. The number of nitrogens with two attached hydrogens (primary N) is 1. The molecule has 1 aromatic rings. The summed E-state index contributed by atoms with van der Waals surface area (Å²) in [4.78, 5) is 0. The molecule has 1 rings (SSSR count). The molecular weight excluding hydrogens is 350 g/mol. The molecule has 0 bridgehead atoms. The van der Waals surface area contributed by atoms with Crippen molar-refractivity contribution in [1.82, 2.24) is 0 Å². The van der Waals surface area contributed by atoms with Gasteiger partial charge in [-0.2, -0.15) is 0 Å². The summed E-state index contributed by atoms with van der Waals surface area (Å²) in [6.07, 6.45) is 1.94. The highest BCUT2D eigenvalue weighted by molar-refractivity contribution is 9.11. The average molecular weight is 367 g/mol. The van der Waals surface area contributed by atoms with Gasteiger partial charge in [0.2, 0.25) is 0 Å². The number of rotatable bonds is 5. The molecule has 0 aliphatic rings. The molecule has 0 unspecified atom stereocenters. The van der Waals surface area contributed by atoms with Crippen LogP contribution >= 0.6 is 31.9 Å². The molecule has 1 aromatic carbocycles. The van der Waals surface area contributed by atoms with E-state index in [1.807, 2.05) is 0 Å². The third-order valence-electron chi connectivity index (χ3n) is 2.68. The molecule has 17 heavy (non-hydrogen) atoms. The first-order valence-electron chi connectivity index (χ1n) is 5.59. The number of phenols is 1. The Balaban J connectivity index is 2.91. The maximum absolute atomic E-state index is 9.94. The van der Waals surface area contributed by atoms with Crippen molar-refractivity contribution in [2.45, 2.75) is 38.3 Å². The highest BCUT2D eigenvalue weighted by atomic mass is 79.9. The smallest absolute Gasteiger partial charge is 0.134 e. The van der Waals surface area contributed by atoms with Gasteiger partial charge in [0.1, 0.15) is 5.75 Å². The van der Waals surface area contributed by atoms with E-state index >= 15 is 0 Å². The van der Waals surface area contributed by atoms with Gasteiger partial charge in [0, 0.05) is 10.0 Å². The third kappa shape index (κ3) is 3.95. The Hall–Kier alpha value is -0.100. The van der Waals surface area contributed by atoms with Gasteiger partial charge in [-0.15, -0.1) is 0 Å². The van der Waals surface area contributed by atoms with Crippen molar-refractivity contribution in [2.24, 2.45) is 5.73 Å². The summed E-state index contributed by atoms with van der Waals surface area (Å²) in [6.45, 7) is 2.06. The van der Waals surface area contributed by atoms with Crippen LogP contribution in [0.5, 0.6) is 5.75 Å². The second-order valence-electron chi connectivity index (χ2n) is 4.06. The molecule has 96 valence electrons. The van der Waals surface area contributed by atoms with E-state index in [-0.39, 0.29) is 5.75 Å². The third-order valence-corrected chi connectivity index (χ3v) is 3.75. The first kappa shape index (κ1) is 15.0. The Morgan fingerprint density at radius 3 is 2.59 bits per heavy atom. The van der Waals surface area contributed by atoms with E-state index in [9.17, 15) is 10.2 Å². The van der Waals surface area contributed by atoms with Gasteiger partial charge in [0.05, 0.1) is 16.6 Å². The van der Waals surface area contributed by atoms with Gasteiger partial charge >= 0.3 is 0 Å². The Morgan fingerprint density at radius 2 is 2.00 bits per heavy atom. The van der Waals surface area contributed by atoms with Crippen LogP contribution in [0.4, 0.5) is 0 Å². The van der Waals surface area contributed by atoms with Gasteiger partial charge in [-0.05, 0) is 34.5 Å². The Bertz CT molecular complexity index is 385. The van der Waals surface area contributed by atoms with Crippen LogP contribution in [0.15, 0.2) is 21.1 Å². The molecule has 0 fully saturated rings. The lowest BCUT2D eigenvalue weighted by atomic mass is 9.98. The van der Waals surface area contributed by atoms with Gasteiger partial charge in [0.25, 0.3) is 0 Å². The monoisotopic (exact) mass is 365 g/mol. The molecule has 0 aliphatic carbocycles. The van der Waals surface area contributed by atoms with E-state index in [1.165, 1.54) is 0 Å². The Kier molecular flexibility index (Phi) is 5.92. The molecule has 0 aromatic heterocycles. The number of aliphatic hydroxyl groups excluding tert-OH is 1. The molecule has 0 radical (unpaired) electrons. The summed E-state index contributed by atoms with van der Waals surface area (Å²) >= 11 is 6.59. The fraction of sp³-hybridized carbons (Fsp3) is 0.500. The van der Waals surface area contributed by atoms with Crippen molar-refractivity contribution >= 4 is 31.9 Å². The van der Waals surface area contributed by atoms with E-state index in [2.05, 4.69) is 38.8 Å². The molecule has 2 atom stereocenters. The second kappa shape index (κ2) is 6.73. The van der Waals surface area contributed by atoms with Crippen molar-refractivity contribution in [3.05, 3.63) is 26.6 Å². The number of unbranched alkanes of at least 4 members (excludes halogenated alkanes) is 1. The summed E-state index contributed by atoms with van der Waals surface area (Å²) in [5.74, 6) is 0.0937. The van der Waals surface area contributed by atoms with E-state index in [0.29, 0.717) is 16.5 Å². The van der Waals surface area contributed by atoms with E-state index in [0.717, 1.165) is 17.3 Å². The summed E-state index contributed by atoms with van der Waals surface area (Å²) < 4.78 is 1.38. The number of phenolic OH excluding ortho intramolecular Hbond substituents is 1. The van der Waals surface area contributed by atoms with E-state index in [1.54, 1.807) is 12.1 Å². The van der Waals surface area contributed by atoms with Crippen LogP contribution in [0.25, 0.3) is 0 Å². The van der Waals surface area contributed by atoms with Crippen LogP contribution in [0.1, 0.15) is 37.8 Å². The number of benzene rings is 1. The molecule has 3 nitrogen and oxygen atoms in total. The Labute approximate surface area is 118 Å². The zero-order chi connectivity index (χ0) is 13.0. The fourth-order valence-corrected chi connectivity index (χ4v) is 2.90. The van der Waals surface area contributed by atoms with Crippen molar-refractivity contribution in [2.75, 3.05) is 0 Å². The first-order valence-corrected chi connectivity index (χ1v) is 7.17. The average Bonchev–Trinajstić information content (AvgIpc) is 2.29. The van der Waals surface area contributed by atoms with Crippen LogP contribution in [0.3, 0.4) is 0 Å². The van der Waals surface area contributed by atoms with Crippen molar-refractivity contribution in [3.8, 4) is 5.75 Å². The standard InChI is InChI=1S/C12H17Br2NO2/c1-2-3-4-10(16)11(15)8-5-7(13)6-9(14)12(8)17/h5-6,10-11,16-17H,2-4,15H2,1H3/t10-,11+/m1/s1. The van der Waals surface area contributed by atoms with Crippen LogP contribution in [-0.2, 0) is 0 Å². The molecule has 0 saturated heterocycles. The maximum atomic E-state index is 9.94. The van der Waals surface area contributed by atoms with Gasteiger partial charge in [0.15, 0.2) is 0 Å². The van der Waals surface area contributed by atoms with Gasteiger partial charge in [-0.25, -0.2) is 0 Å². The lowest BCUT2D eigenvalue weighted by Crippen LogP contribution is -2.26. The normalized spacial score (nSPS) is 14.6. The van der Waals surface area contributed by atoms with Crippen LogP contribution < -0.4 is 5.73 Å². The predicted molar refractivity (Wildman–Crippen MR) is 76.0 cm³/mol. The van der Waals surface area contributed by atoms with Crippen LogP contribution in [0, 0.1) is 0 Å². The lowest BCUT2D eigenvalue weighted by molar-refractivity contribution is 0.131. The zero-order valence-electron chi connectivity index (χ0n) is 9.66. The molecule has 0 aliphatic heterocycles. The number of aromatic hydroxyl groups is 1. The summed E-state index contributed by atoms with van der Waals surface area (Å²) in [5, 5.41) is 19.8. The second-order valence-corrected chi connectivity index (χ2v) is 5.83. The largest absolute Gasteiger partial charge is 0.506 e. The minimum Gasteiger partial charge on any atom is -0.506 e. The highest BCUT2D eigenvalue weighted by Crippen LogP contribution is 2.36. The molecule has 0 saturated carbocycles. The number of hydrogen-bond donors (Lipinski definition) is 3. The summed E-state index contributed by atoms with van der Waals surface area (Å²) in [5.41, 5.74) is 6.52. The fourth-order valence-electron chi connectivity index (χ4n) is 1.64. The maximum Gasteiger partial charge on any atom is 0.134 e. The molecule has 0 amide bonds. The molecule has 0 spiro atoms. The van der Waals surface area contributed by atoms with Crippen molar-refractivity contribution < 1.29 is 10.2 Å². The molecule has 5 heteroatoms. The Morgan fingerprint density at radius 1 is 1.35 bits per heavy atom. The summed E-state index contributed by atoms with van der Waals surface area (Å²) in [7, 11) is 0. The van der Waals surface area contributed by atoms with Crippen LogP contribution in [0.2, 0.25) is 0 Å². The predicted octanol–water partition coefficient (Wildman–Crippen LogP) is 3.47. The first-order chi connectivity index (χ1) is 7.97. The van der Waals surface area contributed by atoms with Gasteiger partial charge < -0.3 is 15.9 Å². The van der Waals surface area contributed by atoms with E-state index in [4.69, 9.17) is 5.73 Å². The molecule has 4 N–H and O–H groups in total. The SMILES string of the molecule is CCCC[C@@H](O)[C@@H](N)c1cc(Br)cc(Br)c1O. The van der Waals surface area contributed by atoms with Crippen molar-refractivity contribution in [3.63, 3.8) is 0 Å². The number of aliphatic hydroxyl groups is 1.